The molecule has 0 bridgehead atoms. The molecule has 2 rings (SSSR count). The number of carbonyl (C=O) groups is 1. The molecule has 1 aromatic heterocycles. The number of carboxylic acid groups (broad SMARTS) is 1. The van der Waals surface area contributed by atoms with E-state index < -0.39 is 6.09 Å². The van der Waals surface area contributed by atoms with Crippen LogP contribution in [0.3, 0.4) is 0 Å². The van der Waals surface area contributed by atoms with Crippen molar-refractivity contribution in [3.8, 4) is 0 Å². The van der Waals surface area contributed by atoms with E-state index in [1.54, 1.807) is 30.3 Å². The van der Waals surface area contributed by atoms with Gasteiger partial charge in [0, 0.05) is 11.8 Å². The molecular formula is C10H7N4O2-. The fourth-order valence-corrected chi connectivity index (χ4v) is 1.26. The maximum atomic E-state index is 11.0. The Balaban J connectivity index is 2.44. The minimum Gasteiger partial charge on any atom is -0.529 e. The number of hydrogen-bond donors (Lipinski definition) is 0. The molecule has 0 aliphatic rings. The van der Waals surface area contributed by atoms with E-state index in [0.717, 1.165) is 4.90 Å². The zero-order chi connectivity index (χ0) is 11.4. The molecule has 2 aromatic rings. The van der Waals surface area contributed by atoms with Crippen molar-refractivity contribution in [2.24, 2.45) is 0 Å². The Bertz CT molecular complexity index is 435. The Hall–Kier alpha value is -2.50. The van der Waals surface area contributed by atoms with Crippen molar-refractivity contribution in [3.63, 3.8) is 0 Å². The molecule has 1 heterocycles. The van der Waals surface area contributed by atoms with E-state index >= 15 is 0 Å². The second-order valence-electron chi connectivity index (χ2n) is 2.92. The van der Waals surface area contributed by atoms with Crippen molar-refractivity contribution in [1.82, 2.24) is 15.4 Å². The Morgan fingerprint density at radius 2 is 1.94 bits per heavy atom. The van der Waals surface area contributed by atoms with E-state index in [9.17, 15) is 9.90 Å². The largest absolute Gasteiger partial charge is 0.529 e. The standard InChI is InChI=1S/C10H8N4O2/c15-10(16)14(8-4-2-1-3-5-8)9-6-7-11-13-12-9/h1-7H,(H,15,16)/p-1. The molecule has 0 saturated carbocycles. The lowest BCUT2D eigenvalue weighted by Crippen LogP contribution is -2.38. The van der Waals surface area contributed by atoms with Crippen molar-refractivity contribution in [1.29, 1.82) is 0 Å². The maximum Gasteiger partial charge on any atom is 0.164 e. The van der Waals surface area contributed by atoms with Crippen LogP contribution in [-0.2, 0) is 0 Å². The third-order valence-electron chi connectivity index (χ3n) is 1.92. The van der Waals surface area contributed by atoms with Gasteiger partial charge in [-0.25, -0.2) is 0 Å². The number of hydrogen-bond acceptors (Lipinski definition) is 5. The number of rotatable bonds is 2. The molecule has 80 valence electrons. The molecule has 0 saturated heterocycles. The summed E-state index contributed by atoms with van der Waals surface area (Å²) in [6, 6.07) is 9.95. The predicted octanol–water partition coefficient (Wildman–Crippen LogP) is 0.353. The van der Waals surface area contributed by atoms with E-state index in [0.29, 0.717) is 5.69 Å². The van der Waals surface area contributed by atoms with Crippen LogP contribution in [0.1, 0.15) is 0 Å². The second kappa shape index (κ2) is 4.35. The molecule has 0 spiro atoms. The number of anilines is 2. The van der Waals surface area contributed by atoms with Crippen molar-refractivity contribution in [2.75, 3.05) is 4.90 Å². The number of benzene rings is 1. The molecule has 0 aliphatic carbocycles. The topological polar surface area (TPSA) is 82.0 Å². The molecule has 0 unspecified atom stereocenters. The number of amides is 1. The monoisotopic (exact) mass is 215 g/mol. The third-order valence-corrected chi connectivity index (χ3v) is 1.92. The van der Waals surface area contributed by atoms with Crippen LogP contribution in [0.25, 0.3) is 0 Å². The van der Waals surface area contributed by atoms with Gasteiger partial charge < -0.3 is 9.90 Å². The highest BCUT2D eigenvalue weighted by molar-refractivity contribution is 5.91. The average Bonchev–Trinajstić information content (AvgIpc) is 2.31. The number of aromatic nitrogens is 3. The summed E-state index contributed by atoms with van der Waals surface area (Å²) in [6.07, 6.45) is -0.00648. The minimum atomic E-state index is -1.37. The number of carbonyl (C=O) groups excluding carboxylic acids is 1. The van der Waals surface area contributed by atoms with E-state index in [4.69, 9.17) is 0 Å². The highest BCUT2D eigenvalue weighted by Gasteiger charge is 2.11. The van der Waals surface area contributed by atoms with Crippen molar-refractivity contribution < 1.29 is 9.90 Å². The van der Waals surface area contributed by atoms with Gasteiger partial charge in [0.15, 0.2) is 5.82 Å². The van der Waals surface area contributed by atoms with Gasteiger partial charge in [-0.1, -0.05) is 18.2 Å². The molecule has 1 amide bonds. The zero-order valence-electron chi connectivity index (χ0n) is 8.15. The maximum absolute atomic E-state index is 11.0. The van der Waals surface area contributed by atoms with Crippen LogP contribution >= 0.6 is 0 Å². The number of nitrogens with zero attached hydrogens (tertiary/aromatic N) is 4. The van der Waals surface area contributed by atoms with Gasteiger partial charge in [-0.05, 0) is 17.3 Å². The van der Waals surface area contributed by atoms with Gasteiger partial charge >= 0.3 is 0 Å². The second-order valence-corrected chi connectivity index (χ2v) is 2.92. The van der Waals surface area contributed by atoms with Crippen LogP contribution in [0.15, 0.2) is 42.6 Å². The normalized spacial score (nSPS) is 9.75. The first-order valence-electron chi connectivity index (χ1n) is 4.49. The fourth-order valence-electron chi connectivity index (χ4n) is 1.26. The Labute approximate surface area is 91.2 Å². The van der Waals surface area contributed by atoms with E-state index in [2.05, 4.69) is 15.4 Å². The third kappa shape index (κ3) is 1.95. The van der Waals surface area contributed by atoms with Gasteiger partial charge in [-0.2, -0.15) is 0 Å². The SMILES string of the molecule is O=C([O-])N(c1ccccc1)c1ccnnn1. The van der Waals surface area contributed by atoms with Crippen LogP contribution in [0.2, 0.25) is 0 Å². The molecular weight excluding hydrogens is 208 g/mol. The summed E-state index contributed by atoms with van der Waals surface area (Å²) >= 11 is 0. The van der Waals surface area contributed by atoms with Crippen LogP contribution < -0.4 is 10.0 Å². The molecule has 16 heavy (non-hydrogen) atoms. The lowest BCUT2D eigenvalue weighted by molar-refractivity contribution is -0.245. The minimum absolute atomic E-state index is 0.154. The molecule has 0 fully saturated rings. The fraction of sp³-hybridized carbons (Fsp3) is 0. The summed E-state index contributed by atoms with van der Waals surface area (Å²) in [7, 11) is 0. The summed E-state index contributed by atoms with van der Waals surface area (Å²) in [5, 5.41) is 21.5. The lowest BCUT2D eigenvalue weighted by atomic mass is 10.3. The Morgan fingerprint density at radius 1 is 1.19 bits per heavy atom. The Kier molecular flexibility index (Phi) is 2.73. The van der Waals surface area contributed by atoms with Gasteiger partial charge in [-0.15, -0.1) is 10.2 Å². The summed E-state index contributed by atoms with van der Waals surface area (Å²) in [5.41, 5.74) is 0.447. The van der Waals surface area contributed by atoms with Gasteiger partial charge in [0.05, 0.1) is 6.20 Å². The summed E-state index contributed by atoms with van der Waals surface area (Å²) in [4.78, 5) is 12.0. The molecule has 0 atom stereocenters. The Morgan fingerprint density at radius 3 is 2.50 bits per heavy atom. The van der Waals surface area contributed by atoms with Crippen LogP contribution in [0, 0.1) is 0 Å². The van der Waals surface area contributed by atoms with Gasteiger partial charge in [0.2, 0.25) is 0 Å². The molecule has 0 aliphatic heterocycles. The van der Waals surface area contributed by atoms with Crippen LogP contribution in [0.5, 0.6) is 0 Å². The van der Waals surface area contributed by atoms with E-state index in [1.165, 1.54) is 12.3 Å². The first-order chi connectivity index (χ1) is 7.79. The van der Waals surface area contributed by atoms with Crippen LogP contribution in [-0.4, -0.2) is 21.5 Å². The molecule has 6 nitrogen and oxygen atoms in total. The summed E-state index contributed by atoms with van der Waals surface area (Å²) in [5.74, 6) is 0.154. The first-order valence-corrected chi connectivity index (χ1v) is 4.49. The highest BCUT2D eigenvalue weighted by atomic mass is 16.4. The van der Waals surface area contributed by atoms with E-state index in [1.807, 2.05) is 0 Å². The van der Waals surface area contributed by atoms with Crippen LogP contribution in [0.4, 0.5) is 16.3 Å². The quantitative estimate of drug-likeness (QED) is 0.722. The summed E-state index contributed by atoms with van der Waals surface area (Å²) in [6.45, 7) is 0. The molecule has 0 N–H and O–H groups in total. The smallest absolute Gasteiger partial charge is 0.164 e. The van der Waals surface area contributed by atoms with Gasteiger partial charge in [0.1, 0.15) is 6.09 Å². The first kappa shape index (κ1) is 10.0. The number of para-hydroxylation sites is 1. The van der Waals surface area contributed by atoms with E-state index in [-0.39, 0.29) is 5.82 Å². The van der Waals surface area contributed by atoms with Crippen molar-refractivity contribution in [3.05, 3.63) is 42.6 Å². The van der Waals surface area contributed by atoms with Gasteiger partial charge in [0.25, 0.3) is 0 Å². The highest BCUT2D eigenvalue weighted by Crippen LogP contribution is 2.21. The van der Waals surface area contributed by atoms with Crippen molar-refractivity contribution >= 4 is 17.6 Å². The lowest BCUT2D eigenvalue weighted by Gasteiger charge is -2.22. The summed E-state index contributed by atoms with van der Waals surface area (Å²) < 4.78 is 0. The van der Waals surface area contributed by atoms with Gasteiger partial charge in [-0.3, -0.25) is 4.90 Å². The molecule has 0 radical (unpaired) electrons. The van der Waals surface area contributed by atoms with Crippen molar-refractivity contribution in [2.45, 2.75) is 0 Å². The molecule has 6 heteroatoms. The molecule has 1 aromatic carbocycles. The predicted molar refractivity (Wildman–Crippen MR) is 53.8 cm³/mol. The zero-order valence-corrected chi connectivity index (χ0v) is 8.15. The average molecular weight is 215 g/mol.